The van der Waals surface area contributed by atoms with Gasteiger partial charge in [-0.3, -0.25) is 4.79 Å². The summed E-state index contributed by atoms with van der Waals surface area (Å²) in [6, 6.07) is 25.9. The molecular formula is C28H22N2O3. The fourth-order valence-corrected chi connectivity index (χ4v) is 4.69. The number of hydrogen-bond acceptors (Lipinski definition) is 4. The topological polar surface area (TPSA) is 53.4 Å². The van der Waals surface area contributed by atoms with E-state index in [0.717, 1.165) is 39.2 Å². The molecule has 3 heterocycles. The van der Waals surface area contributed by atoms with Gasteiger partial charge in [-0.15, -0.1) is 0 Å². The molecule has 0 saturated carbocycles. The van der Waals surface area contributed by atoms with Crippen LogP contribution in [0.3, 0.4) is 0 Å². The molecule has 162 valence electrons. The normalized spacial score (nSPS) is 14.9. The van der Waals surface area contributed by atoms with Crippen LogP contribution < -0.4 is 9.47 Å². The zero-order valence-electron chi connectivity index (χ0n) is 18.2. The highest BCUT2D eigenvalue weighted by Gasteiger charge is 2.31. The molecule has 5 nitrogen and oxygen atoms in total. The Labute approximate surface area is 191 Å². The molecule has 0 saturated heterocycles. The lowest BCUT2D eigenvalue weighted by Gasteiger charge is -2.22. The van der Waals surface area contributed by atoms with E-state index in [2.05, 4.69) is 12.1 Å². The first-order chi connectivity index (χ1) is 16.2. The number of benzene rings is 3. The van der Waals surface area contributed by atoms with Gasteiger partial charge in [0, 0.05) is 23.1 Å². The van der Waals surface area contributed by atoms with E-state index in [1.54, 1.807) is 4.68 Å². The van der Waals surface area contributed by atoms with Crippen molar-refractivity contribution in [3.8, 4) is 33.9 Å². The van der Waals surface area contributed by atoms with Crippen LogP contribution in [0.25, 0.3) is 28.0 Å². The second kappa shape index (κ2) is 7.78. The molecular weight excluding hydrogens is 412 g/mol. The van der Waals surface area contributed by atoms with Crippen LogP contribution in [0.15, 0.2) is 84.4 Å². The van der Waals surface area contributed by atoms with Gasteiger partial charge < -0.3 is 9.47 Å². The summed E-state index contributed by atoms with van der Waals surface area (Å²) < 4.78 is 13.0. The number of hydrogen-bond donors (Lipinski definition) is 0. The summed E-state index contributed by atoms with van der Waals surface area (Å²) in [4.78, 5) is 13.8. The van der Waals surface area contributed by atoms with Gasteiger partial charge in [0.05, 0.1) is 5.69 Å². The third-order valence-corrected chi connectivity index (χ3v) is 6.19. The molecule has 0 fully saturated rings. The van der Waals surface area contributed by atoms with Gasteiger partial charge in [-0.2, -0.15) is 9.78 Å². The minimum absolute atomic E-state index is 0.121. The van der Waals surface area contributed by atoms with Crippen molar-refractivity contribution < 1.29 is 14.3 Å². The number of ether oxygens (including phenoxy) is 2. The largest absolute Gasteiger partial charge is 0.486 e. The SMILES string of the molecule is CC1=C(c2ccc3c(c2)OCCO3)C(=O)n2nc(-c3ccccc3)c(-c3ccccc3)c2C1. The van der Waals surface area contributed by atoms with Crippen LogP contribution in [-0.4, -0.2) is 28.9 Å². The summed E-state index contributed by atoms with van der Waals surface area (Å²) in [5.74, 6) is 1.27. The number of fused-ring (bicyclic) bond motifs is 2. The number of carbonyl (C=O) groups excluding carboxylic acids is 1. The zero-order valence-corrected chi connectivity index (χ0v) is 18.2. The van der Waals surface area contributed by atoms with Crippen LogP contribution >= 0.6 is 0 Å². The molecule has 4 aromatic rings. The minimum atomic E-state index is -0.121. The highest BCUT2D eigenvalue weighted by molar-refractivity contribution is 6.23. The van der Waals surface area contributed by atoms with Gasteiger partial charge in [0.1, 0.15) is 18.9 Å². The predicted molar refractivity (Wildman–Crippen MR) is 127 cm³/mol. The lowest BCUT2D eigenvalue weighted by molar-refractivity contribution is 0.0958. The van der Waals surface area contributed by atoms with E-state index < -0.39 is 0 Å². The highest BCUT2D eigenvalue weighted by Crippen LogP contribution is 2.41. The van der Waals surface area contributed by atoms with Crippen molar-refractivity contribution in [2.24, 2.45) is 0 Å². The van der Waals surface area contributed by atoms with E-state index in [9.17, 15) is 4.79 Å². The van der Waals surface area contributed by atoms with Crippen LogP contribution in [0.5, 0.6) is 11.5 Å². The molecule has 0 unspecified atom stereocenters. The van der Waals surface area contributed by atoms with Crippen LogP contribution in [0.2, 0.25) is 0 Å². The molecule has 2 aliphatic heterocycles. The van der Waals surface area contributed by atoms with Crippen LogP contribution in [-0.2, 0) is 6.42 Å². The van der Waals surface area contributed by atoms with E-state index >= 15 is 0 Å². The Bertz CT molecular complexity index is 1400. The van der Waals surface area contributed by atoms with Gasteiger partial charge in [-0.25, -0.2) is 0 Å². The average molecular weight is 434 g/mol. The van der Waals surface area contributed by atoms with Crippen LogP contribution in [0, 0.1) is 0 Å². The Morgan fingerprint density at radius 3 is 2.18 bits per heavy atom. The molecule has 3 aromatic carbocycles. The van der Waals surface area contributed by atoms with Crippen molar-refractivity contribution in [3.63, 3.8) is 0 Å². The highest BCUT2D eigenvalue weighted by atomic mass is 16.6. The van der Waals surface area contributed by atoms with Crippen molar-refractivity contribution in [1.29, 1.82) is 0 Å². The van der Waals surface area contributed by atoms with Gasteiger partial charge in [-0.05, 0) is 30.2 Å². The van der Waals surface area contributed by atoms with Crippen molar-refractivity contribution in [2.75, 3.05) is 13.2 Å². The van der Waals surface area contributed by atoms with Gasteiger partial charge in [0.25, 0.3) is 5.91 Å². The summed E-state index contributed by atoms with van der Waals surface area (Å²) >= 11 is 0. The standard InChI is InChI=1S/C28H22N2O3/c1-18-16-22-26(19-8-4-2-5-9-19)27(20-10-6-3-7-11-20)29-30(22)28(31)25(18)21-12-13-23-24(17-21)33-15-14-32-23/h2-13,17H,14-16H2,1H3. The van der Waals surface area contributed by atoms with E-state index in [4.69, 9.17) is 14.6 Å². The van der Waals surface area contributed by atoms with Crippen molar-refractivity contribution >= 4 is 11.5 Å². The van der Waals surface area contributed by atoms with Gasteiger partial charge in [-0.1, -0.05) is 72.3 Å². The number of rotatable bonds is 3. The summed E-state index contributed by atoms with van der Waals surface area (Å²) in [6.45, 7) is 3.07. The van der Waals surface area contributed by atoms with Crippen LogP contribution in [0.1, 0.15) is 23.0 Å². The molecule has 2 aliphatic rings. The Kier molecular flexibility index (Phi) is 4.61. The molecule has 0 spiro atoms. The third kappa shape index (κ3) is 3.24. The van der Waals surface area contributed by atoms with Crippen molar-refractivity contribution in [2.45, 2.75) is 13.3 Å². The summed E-state index contributed by atoms with van der Waals surface area (Å²) in [6.07, 6.45) is 0.638. The molecule has 0 radical (unpaired) electrons. The average Bonchev–Trinajstić information content (AvgIpc) is 3.24. The molecule has 0 bridgehead atoms. The fourth-order valence-electron chi connectivity index (χ4n) is 4.69. The second-order valence-electron chi connectivity index (χ2n) is 8.31. The molecule has 0 aliphatic carbocycles. The minimum Gasteiger partial charge on any atom is -0.486 e. The van der Waals surface area contributed by atoms with E-state index in [1.165, 1.54) is 0 Å². The van der Waals surface area contributed by atoms with E-state index in [-0.39, 0.29) is 5.91 Å². The first kappa shape index (κ1) is 19.6. The Morgan fingerprint density at radius 2 is 1.45 bits per heavy atom. The van der Waals surface area contributed by atoms with Crippen molar-refractivity contribution in [1.82, 2.24) is 9.78 Å². The molecule has 33 heavy (non-hydrogen) atoms. The van der Waals surface area contributed by atoms with E-state index in [1.807, 2.05) is 73.7 Å². The fraction of sp³-hybridized carbons (Fsp3) is 0.143. The Morgan fingerprint density at radius 1 is 0.788 bits per heavy atom. The van der Waals surface area contributed by atoms with Crippen LogP contribution in [0.4, 0.5) is 0 Å². The van der Waals surface area contributed by atoms with Gasteiger partial charge >= 0.3 is 0 Å². The third-order valence-electron chi connectivity index (χ3n) is 6.19. The molecule has 0 amide bonds. The zero-order chi connectivity index (χ0) is 22.4. The molecule has 5 heteroatoms. The Balaban J connectivity index is 1.51. The number of nitrogens with zero attached hydrogens (tertiary/aromatic N) is 2. The van der Waals surface area contributed by atoms with Gasteiger partial charge in [0.2, 0.25) is 0 Å². The van der Waals surface area contributed by atoms with Crippen molar-refractivity contribution in [3.05, 3.63) is 95.7 Å². The smallest absolute Gasteiger partial charge is 0.279 e. The number of allylic oxidation sites excluding steroid dienone is 2. The molecule has 0 atom stereocenters. The van der Waals surface area contributed by atoms with E-state index in [0.29, 0.717) is 36.7 Å². The summed E-state index contributed by atoms with van der Waals surface area (Å²) in [5.41, 5.74) is 7.30. The number of carbonyl (C=O) groups is 1. The monoisotopic (exact) mass is 434 g/mol. The molecule has 0 N–H and O–H groups in total. The van der Waals surface area contributed by atoms with Gasteiger partial charge in [0.15, 0.2) is 11.5 Å². The maximum atomic E-state index is 13.8. The molecule has 6 rings (SSSR count). The lowest BCUT2D eigenvalue weighted by Crippen LogP contribution is -2.23. The Hall–Kier alpha value is -4.12. The first-order valence-corrected chi connectivity index (χ1v) is 11.1. The summed E-state index contributed by atoms with van der Waals surface area (Å²) in [7, 11) is 0. The number of aromatic nitrogens is 2. The molecule has 1 aromatic heterocycles. The lowest BCUT2D eigenvalue weighted by atomic mass is 9.90. The maximum Gasteiger partial charge on any atom is 0.279 e. The second-order valence-corrected chi connectivity index (χ2v) is 8.31. The first-order valence-electron chi connectivity index (χ1n) is 11.1. The quantitative estimate of drug-likeness (QED) is 0.418. The summed E-state index contributed by atoms with van der Waals surface area (Å²) in [5, 5.41) is 4.85. The predicted octanol–water partition coefficient (Wildman–Crippen LogP) is 5.66. The maximum absolute atomic E-state index is 13.8.